The third-order valence-electron chi connectivity index (χ3n) is 0.774. The maximum Gasteiger partial charge on any atom is 0 e. The average molecular weight is 151 g/mol. The summed E-state index contributed by atoms with van der Waals surface area (Å²) in [6.07, 6.45) is 0. The van der Waals surface area contributed by atoms with E-state index in [4.69, 9.17) is 5.73 Å². The molecule has 8 heavy (non-hydrogen) atoms. The molecule has 0 bridgehead atoms. The minimum absolute atomic E-state index is 0. The van der Waals surface area contributed by atoms with Gasteiger partial charge in [-0.15, -0.1) is 5.69 Å². The van der Waals surface area contributed by atoms with Gasteiger partial charge in [0.2, 0.25) is 0 Å². The van der Waals surface area contributed by atoms with Crippen LogP contribution in [0.1, 0.15) is 0 Å². The molecule has 1 radical (unpaired) electrons. The van der Waals surface area contributed by atoms with Gasteiger partial charge in [-0.05, 0) is 0 Å². The summed E-state index contributed by atoms with van der Waals surface area (Å²) in [6.45, 7) is 0. The van der Waals surface area contributed by atoms with Gasteiger partial charge in [-0.25, -0.2) is 0 Å². The standard InChI is InChI=1S/C6H6N.Co/c7-6-4-2-1-3-5-6;/h1-5,7H;/q-1;. The van der Waals surface area contributed by atoms with Crippen molar-refractivity contribution in [2.45, 2.75) is 0 Å². The fourth-order valence-corrected chi connectivity index (χ4v) is 0.438. The minimum Gasteiger partial charge on any atom is -0.699 e. The fourth-order valence-electron chi connectivity index (χ4n) is 0.438. The van der Waals surface area contributed by atoms with Gasteiger partial charge >= 0.3 is 0 Å². The molecule has 0 saturated heterocycles. The number of hydrogen-bond acceptors (Lipinski definition) is 0. The van der Waals surface area contributed by atoms with Crippen LogP contribution < -0.4 is 0 Å². The predicted molar refractivity (Wildman–Crippen MR) is 30.4 cm³/mol. The van der Waals surface area contributed by atoms with Gasteiger partial charge in [0.05, 0.1) is 0 Å². The van der Waals surface area contributed by atoms with Crippen molar-refractivity contribution in [1.29, 1.82) is 0 Å². The van der Waals surface area contributed by atoms with E-state index in [-0.39, 0.29) is 16.8 Å². The summed E-state index contributed by atoms with van der Waals surface area (Å²) < 4.78 is 0. The number of nitrogens with one attached hydrogen (secondary N) is 1. The molecule has 1 N–H and O–H groups in total. The Hall–Kier alpha value is -0.474. The molecule has 0 unspecified atom stereocenters. The SMILES string of the molecule is [Co].[NH-]c1ccccc1. The van der Waals surface area contributed by atoms with Crippen LogP contribution in [0, 0.1) is 0 Å². The monoisotopic (exact) mass is 151 g/mol. The molecule has 0 saturated carbocycles. The fraction of sp³-hybridized carbons (Fsp3) is 0. The molecular formula is C6H6CoN-. The summed E-state index contributed by atoms with van der Waals surface area (Å²) >= 11 is 0. The van der Waals surface area contributed by atoms with E-state index in [0.717, 1.165) is 0 Å². The van der Waals surface area contributed by atoms with Gasteiger partial charge < -0.3 is 5.73 Å². The number of rotatable bonds is 0. The van der Waals surface area contributed by atoms with Gasteiger partial charge in [0.15, 0.2) is 0 Å². The van der Waals surface area contributed by atoms with Crippen LogP contribution in [0.4, 0.5) is 5.69 Å². The molecule has 0 aliphatic heterocycles. The smallest absolute Gasteiger partial charge is 0 e. The van der Waals surface area contributed by atoms with Gasteiger partial charge in [-0.1, -0.05) is 30.3 Å². The Morgan fingerprint density at radius 3 is 1.75 bits per heavy atom. The molecule has 45 valence electrons. The van der Waals surface area contributed by atoms with Crippen LogP contribution in [0.5, 0.6) is 0 Å². The van der Waals surface area contributed by atoms with Crippen LogP contribution >= 0.6 is 0 Å². The molecule has 1 aromatic rings. The minimum atomic E-state index is 0. The molecule has 0 heterocycles. The van der Waals surface area contributed by atoms with E-state index in [9.17, 15) is 0 Å². The largest absolute Gasteiger partial charge is 0.699 e. The maximum absolute atomic E-state index is 7.00. The summed E-state index contributed by atoms with van der Waals surface area (Å²) in [7, 11) is 0. The van der Waals surface area contributed by atoms with Crippen LogP contribution in [0.25, 0.3) is 5.73 Å². The van der Waals surface area contributed by atoms with Crippen molar-refractivity contribution in [1.82, 2.24) is 0 Å². The van der Waals surface area contributed by atoms with Gasteiger partial charge in [-0.2, -0.15) is 0 Å². The Kier molecular flexibility index (Phi) is 3.31. The third-order valence-corrected chi connectivity index (χ3v) is 0.774. The first-order valence-corrected chi connectivity index (χ1v) is 2.16. The summed E-state index contributed by atoms with van der Waals surface area (Å²) in [5.41, 5.74) is 7.57. The van der Waals surface area contributed by atoms with Crippen LogP contribution in [0.3, 0.4) is 0 Å². The van der Waals surface area contributed by atoms with Crippen molar-refractivity contribution < 1.29 is 16.8 Å². The second-order valence-corrected chi connectivity index (χ2v) is 1.37. The zero-order valence-electron chi connectivity index (χ0n) is 4.22. The summed E-state index contributed by atoms with van der Waals surface area (Å²) in [5, 5.41) is 0. The van der Waals surface area contributed by atoms with Crippen molar-refractivity contribution in [3.8, 4) is 0 Å². The Balaban J connectivity index is 0.000000490. The zero-order valence-corrected chi connectivity index (χ0v) is 5.26. The predicted octanol–water partition coefficient (Wildman–Crippen LogP) is 2.37. The van der Waals surface area contributed by atoms with Crippen molar-refractivity contribution in [2.75, 3.05) is 0 Å². The Morgan fingerprint density at radius 2 is 1.50 bits per heavy atom. The van der Waals surface area contributed by atoms with E-state index >= 15 is 0 Å². The zero-order chi connectivity index (χ0) is 5.11. The maximum atomic E-state index is 7.00. The van der Waals surface area contributed by atoms with Crippen LogP contribution in [-0.2, 0) is 16.8 Å². The van der Waals surface area contributed by atoms with E-state index in [1.54, 1.807) is 12.1 Å². The second kappa shape index (κ2) is 3.52. The Labute approximate surface area is 59.1 Å². The number of hydrogen-bond donors (Lipinski definition) is 0. The van der Waals surface area contributed by atoms with Crippen molar-refractivity contribution in [3.05, 3.63) is 36.1 Å². The molecule has 0 fully saturated rings. The van der Waals surface area contributed by atoms with Gasteiger partial charge in [0.1, 0.15) is 0 Å². The van der Waals surface area contributed by atoms with Gasteiger partial charge in [0.25, 0.3) is 0 Å². The molecule has 0 aliphatic carbocycles. The molecule has 0 spiro atoms. The van der Waals surface area contributed by atoms with E-state index in [1.165, 1.54) is 0 Å². The molecule has 0 amide bonds. The van der Waals surface area contributed by atoms with Crippen LogP contribution in [0.15, 0.2) is 30.3 Å². The van der Waals surface area contributed by atoms with Crippen molar-refractivity contribution in [2.24, 2.45) is 0 Å². The van der Waals surface area contributed by atoms with E-state index in [1.807, 2.05) is 18.2 Å². The number of benzene rings is 1. The summed E-state index contributed by atoms with van der Waals surface area (Å²) in [6, 6.07) is 9.10. The van der Waals surface area contributed by atoms with E-state index in [0.29, 0.717) is 5.69 Å². The summed E-state index contributed by atoms with van der Waals surface area (Å²) in [4.78, 5) is 0. The second-order valence-electron chi connectivity index (χ2n) is 1.37. The first kappa shape index (κ1) is 7.53. The van der Waals surface area contributed by atoms with Crippen molar-refractivity contribution in [3.63, 3.8) is 0 Å². The molecule has 0 aromatic heterocycles. The molecule has 1 nitrogen and oxygen atoms in total. The van der Waals surface area contributed by atoms with E-state index in [2.05, 4.69) is 0 Å². The quantitative estimate of drug-likeness (QED) is 0.543. The molecular weight excluding hydrogens is 145 g/mol. The molecule has 2 heteroatoms. The molecule has 0 atom stereocenters. The van der Waals surface area contributed by atoms with Crippen LogP contribution in [-0.4, -0.2) is 0 Å². The molecule has 1 rings (SSSR count). The van der Waals surface area contributed by atoms with Gasteiger partial charge in [-0.3, -0.25) is 0 Å². The summed E-state index contributed by atoms with van der Waals surface area (Å²) in [5.74, 6) is 0. The average Bonchev–Trinajstić information content (AvgIpc) is 1.69. The molecule has 1 aromatic carbocycles. The Morgan fingerprint density at radius 1 is 1.00 bits per heavy atom. The Bertz CT molecular complexity index is 138. The van der Waals surface area contributed by atoms with E-state index < -0.39 is 0 Å². The molecule has 0 aliphatic rings. The van der Waals surface area contributed by atoms with Gasteiger partial charge in [0, 0.05) is 16.8 Å². The normalized spacial score (nSPS) is 7.50. The third kappa shape index (κ3) is 2.00. The van der Waals surface area contributed by atoms with Crippen LogP contribution in [0.2, 0.25) is 0 Å². The first-order valence-electron chi connectivity index (χ1n) is 2.16. The first-order chi connectivity index (χ1) is 3.39. The van der Waals surface area contributed by atoms with Crippen molar-refractivity contribution >= 4 is 5.69 Å². The topological polar surface area (TPSA) is 23.8 Å².